The molecule has 0 radical (unpaired) electrons. The predicted molar refractivity (Wildman–Crippen MR) is 110 cm³/mol. The number of anilines is 1. The highest BCUT2D eigenvalue weighted by Crippen LogP contribution is 2.45. The lowest BCUT2D eigenvalue weighted by Gasteiger charge is -2.42. The number of halogens is 3. The van der Waals surface area contributed by atoms with Crippen molar-refractivity contribution >= 4 is 46.6 Å². The van der Waals surface area contributed by atoms with Crippen LogP contribution in [-0.4, -0.2) is 23.4 Å². The number of hydrogen-bond acceptors (Lipinski definition) is 4. The van der Waals surface area contributed by atoms with Crippen LogP contribution in [0.15, 0.2) is 53.1 Å². The number of amides is 1. The summed E-state index contributed by atoms with van der Waals surface area (Å²) >= 11 is 13.7. The van der Waals surface area contributed by atoms with Gasteiger partial charge < -0.3 is 4.90 Å². The fraction of sp³-hybridized carbons (Fsp3) is 0.200. The summed E-state index contributed by atoms with van der Waals surface area (Å²) in [6, 6.07) is 14.0. The second-order valence-electron chi connectivity index (χ2n) is 6.48. The van der Waals surface area contributed by atoms with Gasteiger partial charge in [-0.3, -0.25) is 9.69 Å². The van der Waals surface area contributed by atoms with Crippen LogP contribution in [-0.2, 0) is 4.79 Å². The van der Waals surface area contributed by atoms with E-state index in [1.54, 1.807) is 17.0 Å². The van der Waals surface area contributed by atoms with E-state index >= 15 is 0 Å². The fourth-order valence-electron chi connectivity index (χ4n) is 3.49. The third kappa shape index (κ3) is 3.35. The first kappa shape index (κ1) is 19.1. The Bertz CT molecular complexity index is 1020. The Balaban J connectivity index is 1.71. The Morgan fingerprint density at radius 1 is 1.21 bits per heavy atom. The summed E-state index contributed by atoms with van der Waals surface area (Å²) in [4.78, 5) is 16.5. The summed E-state index contributed by atoms with van der Waals surface area (Å²) in [6.07, 6.45) is -0.00298. The summed E-state index contributed by atoms with van der Waals surface area (Å²) in [6.45, 7) is 0.310. The quantitative estimate of drug-likeness (QED) is 0.639. The van der Waals surface area contributed by atoms with Crippen molar-refractivity contribution < 1.29 is 9.18 Å². The lowest BCUT2D eigenvalue weighted by atomic mass is 9.86. The maximum absolute atomic E-state index is 14.4. The van der Waals surface area contributed by atoms with Gasteiger partial charge in [0, 0.05) is 33.6 Å². The molecule has 0 N–H and O–H groups in total. The van der Waals surface area contributed by atoms with Crippen LogP contribution >= 0.6 is 35.0 Å². The normalized spacial score (nSPS) is 19.5. The van der Waals surface area contributed by atoms with Gasteiger partial charge in [0.1, 0.15) is 5.82 Å². The molecular formula is C20H14Cl2FN3OS. The van der Waals surface area contributed by atoms with Crippen molar-refractivity contribution in [2.24, 2.45) is 0 Å². The number of carbonyl (C=O) groups is 1. The Morgan fingerprint density at radius 2 is 2.00 bits per heavy atom. The van der Waals surface area contributed by atoms with Crippen LogP contribution in [0.5, 0.6) is 0 Å². The van der Waals surface area contributed by atoms with Crippen LogP contribution in [0.1, 0.15) is 17.9 Å². The zero-order valence-electron chi connectivity index (χ0n) is 14.5. The van der Waals surface area contributed by atoms with Gasteiger partial charge in [-0.25, -0.2) is 4.39 Å². The largest absolute Gasteiger partial charge is 0.344 e. The van der Waals surface area contributed by atoms with Crippen molar-refractivity contribution in [2.45, 2.75) is 12.3 Å². The highest BCUT2D eigenvalue weighted by Gasteiger charge is 2.39. The lowest BCUT2D eigenvalue weighted by Crippen LogP contribution is -2.47. The van der Waals surface area contributed by atoms with Gasteiger partial charge >= 0.3 is 0 Å². The third-order valence-corrected chi connectivity index (χ3v) is 6.53. The van der Waals surface area contributed by atoms with Gasteiger partial charge in [-0.2, -0.15) is 5.26 Å². The molecule has 1 atom stereocenters. The first-order valence-electron chi connectivity index (χ1n) is 8.51. The number of nitriles is 1. The maximum atomic E-state index is 14.4. The van der Waals surface area contributed by atoms with Gasteiger partial charge in [-0.05, 0) is 30.3 Å². The summed E-state index contributed by atoms with van der Waals surface area (Å²) < 4.78 is 14.4. The molecule has 28 heavy (non-hydrogen) atoms. The van der Waals surface area contributed by atoms with Crippen molar-refractivity contribution in [1.82, 2.24) is 4.90 Å². The Kier molecular flexibility index (Phi) is 5.24. The number of fused-ring (bicyclic) bond motifs is 1. The van der Waals surface area contributed by atoms with Crippen molar-refractivity contribution in [2.75, 3.05) is 17.4 Å². The molecule has 1 amide bonds. The Morgan fingerprint density at radius 3 is 2.71 bits per heavy atom. The van der Waals surface area contributed by atoms with Crippen LogP contribution in [0, 0.1) is 17.1 Å². The summed E-state index contributed by atoms with van der Waals surface area (Å²) in [5.41, 5.74) is 1.48. The zero-order chi connectivity index (χ0) is 19.8. The van der Waals surface area contributed by atoms with Gasteiger partial charge in [-0.15, -0.1) is 0 Å². The van der Waals surface area contributed by atoms with E-state index in [0.717, 1.165) is 5.69 Å². The Labute approximate surface area is 176 Å². The molecule has 1 fully saturated rings. The molecule has 0 spiro atoms. The SMILES string of the molecule is N#CC1=C2SCN(c3cccc(Cl)c3)CN2C(=O)C[C@@H]1c1c(F)cccc1Cl. The predicted octanol–water partition coefficient (Wildman–Crippen LogP) is 5.35. The van der Waals surface area contributed by atoms with E-state index in [-0.39, 0.29) is 22.9 Å². The highest BCUT2D eigenvalue weighted by atomic mass is 35.5. The average molecular weight is 434 g/mol. The molecule has 0 bridgehead atoms. The minimum Gasteiger partial charge on any atom is -0.344 e. The minimum absolute atomic E-state index is 0.00298. The van der Waals surface area contributed by atoms with Crippen LogP contribution in [0.2, 0.25) is 10.0 Å². The number of allylic oxidation sites excluding steroid dienone is 1. The molecule has 2 aromatic rings. The zero-order valence-corrected chi connectivity index (χ0v) is 16.9. The summed E-state index contributed by atoms with van der Waals surface area (Å²) in [7, 11) is 0. The number of rotatable bonds is 2. The lowest BCUT2D eigenvalue weighted by molar-refractivity contribution is -0.129. The molecule has 2 aliphatic rings. The minimum atomic E-state index is -0.678. The van der Waals surface area contributed by atoms with Crippen LogP contribution < -0.4 is 4.90 Å². The van der Waals surface area contributed by atoms with Gasteiger partial charge in [-0.1, -0.05) is 47.1 Å². The first-order valence-corrected chi connectivity index (χ1v) is 10.3. The van der Waals surface area contributed by atoms with E-state index in [2.05, 4.69) is 6.07 Å². The summed E-state index contributed by atoms with van der Waals surface area (Å²) in [5, 5.41) is 11.2. The molecule has 1 saturated heterocycles. The third-order valence-electron chi connectivity index (χ3n) is 4.82. The molecule has 0 saturated carbocycles. The Hall–Kier alpha value is -2.20. The van der Waals surface area contributed by atoms with E-state index in [1.165, 1.54) is 23.9 Å². The molecule has 2 heterocycles. The van der Waals surface area contributed by atoms with Crippen molar-refractivity contribution in [3.8, 4) is 6.07 Å². The molecule has 0 unspecified atom stereocenters. The van der Waals surface area contributed by atoms with E-state index in [9.17, 15) is 14.4 Å². The number of carbonyl (C=O) groups excluding carboxylic acids is 1. The van der Waals surface area contributed by atoms with Gasteiger partial charge in [0.2, 0.25) is 5.91 Å². The van der Waals surface area contributed by atoms with Crippen LogP contribution in [0.4, 0.5) is 10.1 Å². The van der Waals surface area contributed by atoms with Crippen LogP contribution in [0.3, 0.4) is 0 Å². The molecule has 0 aliphatic carbocycles. The standard InChI is InChI=1S/C20H14Cl2FN3OS/c21-12-3-1-4-13(7-12)25-10-26-18(27)8-14(15(9-24)20(26)28-11-25)19-16(22)5-2-6-17(19)23/h1-7,14H,8,10-11H2/t14-/m0/s1. The van der Waals surface area contributed by atoms with E-state index < -0.39 is 11.7 Å². The van der Waals surface area contributed by atoms with E-state index in [0.29, 0.717) is 28.2 Å². The van der Waals surface area contributed by atoms with Crippen molar-refractivity contribution in [3.05, 3.63) is 74.5 Å². The average Bonchev–Trinajstić information content (AvgIpc) is 2.68. The molecular weight excluding hydrogens is 420 g/mol. The number of benzene rings is 2. The topological polar surface area (TPSA) is 47.3 Å². The number of thioether (sulfide) groups is 1. The smallest absolute Gasteiger partial charge is 0.229 e. The number of nitrogens with zero attached hydrogens (tertiary/aromatic N) is 3. The van der Waals surface area contributed by atoms with Gasteiger partial charge in [0.05, 0.1) is 29.2 Å². The van der Waals surface area contributed by atoms with Crippen molar-refractivity contribution in [3.63, 3.8) is 0 Å². The molecule has 0 aromatic heterocycles. The maximum Gasteiger partial charge on any atom is 0.229 e. The highest BCUT2D eigenvalue weighted by molar-refractivity contribution is 8.03. The monoisotopic (exact) mass is 433 g/mol. The van der Waals surface area contributed by atoms with Gasteiger partial charge in [0.25, 0.3) is 0 Å². The second-order valence-corrected chi connectivity index (χ2v) is 8.26. The fourth-order valence-corrected chi connectivity index (χ4v) is 5.14. The number of hydrogen-bond donors (Lipinski definition) is 0. The molecule has 2 aliphatic heterocycles. The van der Waals surface area contributed by atoms with Crippen LogP contribution in [0.25, 0.3) is 0 Å². The summed E-state index contributed by atoms with van der Waals surface area (Å²) in [5.74, 6) is -0.809. The van der Waals surface area contributed by atoms with Gasteiger partial charge in [0.15, 0.2) is 0 Å². The second kappa shape index (κ2) is 7.67. The molecule has 4 rings (SSSR count). The first-order chi connectivity index (χ1) is 13.5. The van der Waals surface area contributed by atoms with E-state index in [4.69, 9.17) is 23.2 Å². The van der Waals surface area contributed by atoms with Crippen molar-refractivity contribution in [1.29, 1.82) is 5.26 Å². The molecule has 8 heteroatoms. The molecule has 2 aromatic carbocycles. The molecule has 4 nitrogen and oxygen atoms in total. The molecule has 142 valence electrons. The van der Waals surface area contributed by atoms with E-state index in [1.807, 2.05) is 23.1 Å².